The van der Waals surface area contributed by atoms with Gasteiger partial charge in [-0.3, -0.25) is 4.79 Å². The first-order valence-electron chi connectivity index (χ1n) is 8.83. The molecule has 2 aromatic carbocycles. The number of rotatable bonds is 6. The van der Waals surface area contributed by atoms with Gasteiger partial charge in [0.1, 0.15) is 23.2 Å². The summed E-state index contributed by atoms with van der Waals surface area (Å²) in [4.78, 5) is 21.1. The summed E-state index contributed by atoms with van der Waals surface area (Å²) in [6.07, 6.45) is 0.501. The van der Waals surface area contributed by atoms with E-state index >= 15 is 0 Å². The molecule has 0 unspecified atom stereocenters. The molecule has 0 saturated carbocycles. The van der Waals surface area contributed by atoms with Crippen LogP contribution in [0.25, 0.3) is 0 Å². The van der Waals surface area contributed by atoms with E-state index in [0.29, 0.717) is 40.9 Å². The van der Waals surface area contributed by atoms with Crippen LogP contribution in [0.1, 0.15) is 27.4 Å². The summed E-state index contributed by atoms with van der Waals surface area (Å²) in [5.74, 6) is 0.408. The van der Waals surface area contributed by atoms with Crippen LogP contribution < -0.4 is 10.6 Å². The van der Waals surface area contributed by atoms with Gasteiger partial charge in [0.15, 0.2) is 0 Å². The second-order valence-electron chi connectivity index (χ2n) is 6.37. The molecule has 1 heterocycles. The minimum Gasteiger partial charge on any atom is -0.370 e. The van der Waals surface area contributed by atoms with Crippen molar-refractivity contribution in [1.82, 2.24) is 9.97 Å². The predicted octanol–water partition coefficient (Wildman–Crippen LogP) is 4.79. The third kappa shape index (κ3) is 5.04. The largest absolute Gasteiger partial charge is 0.370 e. The van der Waals surface area contributed by atoms with Crippen molar-refractivity contribution in [3.63, 3.8) is 0 Å². The Hall–Kier alpha value is -2.99. The fraction of sp³-hybridized carbons (Fsp3) is 0.190. The van der Waals surface area contributed by atoms with Crippen molar-refractivity contribution in [3.8, 4) is 0 Å². The number of hydrogen-bond acceptors (Lipinski definition) is 4. The van der Waals surface area contributed by atoms with E-state index in [1.165, 1.54) is 6.07 Å². The number of anilines is 2. The van der Waals surface area contributed by atoms with Gasteiger partial charge >= 0.3 is 0 Å². The van der Waals surface area contributed by atoms with Gasteiger partial charge in [-0.1, -0.05) is 29.8 Å². The highest BCUT2D eigenvalue weighted by molar-refractivity contribution is 6.30. The second-order valence-corrected chi connectivity index (χ2v) is 6.80. The molecule has 5 nitrogen and oxygen atoms in total. The Labute approximate surface area is 168 Å². The van der Waals surface area contributed by atoms with Crippen LogP contribution in [-0.2, 0) is 6.42 Å². The Morgan fingerprint density at radius 3 is 2.64 bits per heavy atom. The van der Waals surface area contributed by atoms with Crippen molar-refractivity contribution in [2.24, 2.45) is 0 Å². The topological polar surface area (TPSA) is 66.9 Å². The lowest BCUT2D eigenvalue weighted by Crippen LogP contribution is -2.17. The van der Waals surface area contributed by atoms with Crippen LogP contribution in [0.3, 0.4) is 0 Å². The summed E-state index contributed by atoms with van der Waals surface area (Å²) in [5.41, 5.74) is 2.39. The zero-order valence-electron chi connectivity index (χ0n) is 15.6. The van der Waals surface area contributed by atoms with E-state index in [4.69, 9.17) is 11.6 Å². The molecular weight excluding hydrogens is 379 g/mol. The maximum Gasteiger partial charge on any atom is 0.274 e. The van der Waals surface area contributed by atoms with Gasteiger partial charge in [-0.2, -0.15) is 0 Å². The van der Waals surface area contributed by atoms with Gasteiger partial charge in [0.2, 0.25) is 0 Å². The van der Waals surface area contributed by atoms with Crippen LogP contribution in [0, 0.1) is 19.7 Å². The second kappa shape index (κ2) is 8.80. The number of aryl methyl sites for hydroxylation is 2. The zero-order valence-corrected chi connectivity index (χ0v) is 16.3. The molecule has 3 aromatic rings. The quantitative estimate of drug-likeness (QED) is 0.626. The molecule has 28 heavy (non-hydrogen) atoms. The lowest BCUT2D eigenvalue weighted by molar-refractivity contribution is 0.102. The number of halogens is 2. The molecule has 2 N–H and O–H groups in total. The van der Waals surface area contributed by atoms with Gasteiger partial charge in [0, 0.05) is 23.3 Å². The number of benzene rings is 2. The molecule has 0 spiro atoms. The number of hydrogen-bond donors (Lipinski definition) is 2. The van der Waals surface area contributed by atoms with E-state index in [9.17, 15) is 9.18 Å². The van der Waals surface area contributed by atoms with Crippen LogP contribution in [0.2, 0.25) is 5.02 Å². The molecule has 0 bridgehead atoms. The average molecular weight is 399 g/mol. The Morgan fingerprint density at radius 2 is 1.89 bits per heavy atom. The molecule has 0 fully saturated rings. The standard InChI is InChI=1S/C21H20ClFN4O/c1-13-11-16(22)7-8-18(13)27-21(28)19-12-20(26-14(2)25-19)24-10-9-15-5-3-4-6-17(15)23/h3-8,11-12H,9-10H2,1-2H3,(H,27,28)(H,24,25,26). The summed E-state index contributed by atoms with van der Waals surface area (Å²) in [6.45, 7) is 4.06. The summed E-state index contributed by atoms with van der Waals surface area (Å²) in [5, 5.41) is 6.56. The van der Waals surface area contributed by atoms with Crippen LogP contribution in [0.15, 0.2) is 48.5 Å². The van der Waals surface area contributed by atoms with Crippen molar-refractivity contribution in [1.29, 1.82) is 0 Å². The normalized spacial score (nSPS) is 10.6. The Balaban J connectivity index is 1.68. The third-order valence-corrected chi connectivity index (χ3v) is 4.40. The van der Waals surface area contributed by atoms with E-state index in [-0.39, 0.29) is 17.4 Å². The van der Waals surface area contributed by atoms with Crippen LogP contribution >= 0.6 is 11.6 Å². The van der Waals surface area contributed by atoms with Crippen LogP contribution in [0.4, 0.5) is 15.9 Å². The average Bonchev–Trinajstić information content (AvgIpc) is 2.65. The van der Waals surface area contributed by atoms with Crippen molar-refractivity contribution < 1.29 is 9.18 Å². The van der Waals surface area contributed by atoms with E-state index in [1.807, 2.05) is 6.92 Å². The van der Waals surface area contributed by atoms with Crippen molar-refractivity contribution in [2.75, 3.05) is 17.2 Å². The van der Waals surface area contributed by atoms with E-state index < -0.39 is 0 Å². The summed E-state index contributed by atoms with van der Waals surface area (Å²) in [7, 11) is 0. The van der Waals surface area contributed by atoms with Gasteiger partial charge in [0.05, 0.1) is 0 Å². The van der Waals surface area contributed by atoms with E-state index in [1.54, 1.807) is 49.4 Å². The molecule has 1 aromatic heterocycles. The van der Waals surface area contributed by atoms with Crippen molar-refractivity contribution >= 4 is 29.0 Å². The summed E-state index contributed by atoms with van der Waals surface area (Å²) in [6, 6.07) is 13.5. The lowest BCUT2D eigenvalue weighted by Gasteiger charge is -2.11. The first-order chi connectivity index (χ1) is 13.4. The molecule has 0 atom stereocenters. The molecule has 144 valence electrons. The highest BCUT2D eigenvalue weighted by Crippen LogP contribution is 2.20. The van der Waals surface area contributed by atoms with Gasteiger partial charge < -0.3 is 10.6 Å². The minimum absolute atomic E-state index is 0.235. The Morgan fingerprint density at radius 1 is 1.11 bits per heavy atom. The summed E-state index contributed by atoms with van der Waals surface area (Å²) < 4.78 is 13.7. The molecule has 0 saturated heterocycles. The number of nitrogens with zero attached hydrogens (tertiary/aromatic N) is 2. The molecule has 0 radical (unpaired) electrons. The van der Waals surface area contributed by atoms with Crippen molar-refractivity contribution in [3.05, 3.63) is 82.0 Å². The van der Waals surface area contributed by atoms with Crippen molar-refractivity contribution in [2.45, 2.75) is 20.3 Å². The first-order valence-corrected chi connectivity index (χ1v) is 9.20. The first kappa shape index (κ1) is 19.8. The van der Waals surface area contributed by atoms with Gasteiger partial charge in [-0.25, -0.2) is 14.4 Å². The molecule has 0 aliphatic heterocycles. The number of aromatic nitrogens is 2. The Bertz CT molecular complexity index is 1010. The Kier molecular flexibility index (Phi) is 6.21. The molecular formula is C21H20ClFN4O. The minimum atomic E-state index is -0.340. The fourth-order valence-corrected chi connectivity index (χ4v) is 2.98. The maximum atomic E-state index is 13.7. The SMILES string of the molecule is Cc1nc(NCCc2ccccc2F)cc(C(=O)Nc2ccc(Cl)cc2C)n1. The van der Waals surface area contributed by atoms with Crippen LogP contribution in [-0.4, -0.2) is 22.4 Å². The van der Waals surface area contributed by atoms with Gasteiger partial charge in [-0.15, -0.1) is 0 Å². The fourth-order valence-electron chi connectivity index (χ4n) is 2.75. The zero-order chi connectivity index (χ0) is 20.1. The van der Waals surface area contributed by atoms with E-state index in [0.717, 1.165) is 5.56 Å². The molecule has 7 heteroatoms. The molecule has 3 rings (SSSR count). The number of carbonyl (C=O) groups is 1. The highest BCUT2D eigenvalue weighted by atomic mass is 35.5. The predicted molar refractivity (Wildman–Crippen MR) is 110 cm³/mol. The van der Waals surface area contributed by atoms with Gasteiger partial charge in [0.25, 0.3) is 5.91 Å². The lowest BCUT2D eigenvalue weighted by atomic mass is 10.1. The maximum absolute atomic E-state index is 13.7. The van der Waals surface area contributed by atoms with Gasteiger partial charge in [-0.05, 0) is 55.7 Å². The molecule has 0 aliphatic rings. The third-order valence-electron chi connectivity index (χ3n) is 4.17. The number of nitrogens with one attached hydrogen (secondary N) is 2. The monoisotopic (exact) mass is 398 g/mol. The highest BCUT2D eigenvalue weighted by Gasteiger charge is 2.12. The molecule has 0 aliphatic carbocycles. The summed E-state index contributed by atoms with van der Waals surface area (Å²) >= 11 is 5.95. The van der Waals surface area contributed by atoms with Crippen LogP contribution in [0.5, 0.6) is 0 Å². The number of amides is 1. The smallest absolute Gasteiger partial charge is 0.274 e. The molecule has 1 amide bonds. The van der Waals surface area contributed by atoms with E-state index in [2.05, 4.69) is 20.6 Å². The number of carbonyl (C=O) groups excluding carboxylic acids is 1.